The molecule has 1 aromatic carbocycles. The van der Waals surface area contributed by atoms with Crippen molar-refractivity contribution < 1.29 is 18.0 Å². The predicted molar refractivity (Wildman–Crippen MR) is 114 cm³/mol. The van der Waals surface area contributed by atoms with Crippen molar-refractivity contribution in [3.63, 3.8) is 0 Å². The molecule has 1 atom stereocenters. The first-order valence-electron chi connectivity index (χ1n) is 10.7. The first kappa shape index (κ1) is 21.3. The van der Waals surface area contributed by atoms with Crippen molar-refractivity contribution in [2.45, 2.75) is 24.9 Å². The van der Waals surface area contributed by atoms with Crippen LogP contribution in [0.25, 0.3) is 0 Å². The SMILES string of the molecule is O=C(CN1CCN(C(=O)C(c2ccccc2)N2CCS(=O)(=O)CC2)CC1)NC1CC1. The van der Waals surface area contributed by atoms with Crippen LogP contribution in [0, 0.1) is 0 Å². The fourth-order valence-electron chi connectivity index (χ4n) is 4.13. The molecular formula is C21H30N4O4S. The highest BCUT2D eigenvalue weighted by Gasteiger charge is 2.36. The van der Waals surface area contributed by atoms with Crippen LogP contribution in [0.15, 0.2) is 30.3 Å². The van der Waals surface area contributed by atoms with E-state index in [0.29, 0.717) is 51.9 Å². The second-order valence-corrected chi connectivity index (χ2v) is 10.7. The van der Waals surface area contributed by atoms with Crippen molar-refractivity contribution in [3.8, 4) is 0 Å². The number of carbonyl (C=O) groups excluding carboxylic acids is 2. The van der Waals surface area contributed by atoms with Gasteiger partial charge in [0.05, 0.1) is 18.1 Å². The minimum Gasteiger partial charge on any atom is -0.352 e. The van der Waals surface area contributed by atoms with Crippen molar-refractivity contribution in [1.82, 2.24) is 20.0 Å². The normalized spacial score (nSPS) is 23.7. The van der Waals surface area contributed by atoms with Crippen molar-refractivity contribution in [2.75, 3.05) is 57.3 Å². The Kier molecular flexibility index (Phi) is 6.40. The van der Waals surface area contributed by atoms with Crippen LogP contribution in [-0.2, 0) is 19.4 Å². The number of hydrogen-bond acceptors (Lipinski definition) is 6. The average molecular weight is 435 g/mol. The first-order chi connectivity index (χ1) is 14.4. The van der Waals surface area contributed by atoms with Gasteiger partial charge in [-0.15, -0.1) is 0 Å². The number of sulfone groups is 1. The Labute approximate surface area is 178 Å². The van der Waals surface area contributed by atoms with Gasteiger partial charge in [0.1, 0.15) is 6.04 Å². The molecule has 2 saturated heterocycles. The summed E-state index contributed by atoms with van der Waals surface area (Å²) in [5.74, 6) is 0.262. The number of benzene rings is 1. The van der Waals surface area contributed by atoms with Crippen molar-refractivity contribution in [3.05, 3.63) is 35.9 Å². The third-order valence-corrected chi connectivity index (χ3v) is 7.70. The summed E-state index contributed by atoms with van der Waals surface area (Å²) in [4.78, 5) is 31.5. The molecule has 164 valence electrons. The summed E-state index contributed by atoms with van der Waals surface area (Å²) >= 11 is 0. The largest absolute Gasteiger partial charge is 0.352 e. The van der Waals surface area contributed by atoms with Gasteiger partial charge in [0, 0.05) is 45.3 Å². The van der Waals surface area contributed by atoms with Crippen LogP contribution in [0.5, 0.6) is 0 Å². The lowest BCUT2D eigenvalue weighted by molar-refractivity contribution is -0.139. The minimum absolute atomic E-state index is 0.0163. The van der Waals surface area contributed by atoms with E-state index in [1.54, 1.807) is 0 Å². The van der Waals surface area contributed by atoms with E-state index in [1.165, 1.54) is 0 Å². The summed E-state index contributed by atoms with van der Waals surface area (Å²) in [7, 11) is -3.02. The molecule has 8 nitrogen and oxygen atoms in total. The van der Waals surface area contributed by atoms with Crippen LogP contribution in [0.4, 0.5) is 0 Å². The average Bonchev–Trinajstić information content (AvgIpc) is 3.54. The van der Waals surface area contributed by atoms with Gasteiger partial charge in [0.15, 0.2) is 9.84 Å². The molecule has 3 aliphatic rings. The number of rotatable bonds is 6. The summed E-state index contributed by atoms with van der Waals surface area (Å²) in [6.45, 7) is 3.60. The van der Waals surface area contributed by atoms with Crippen molar-refractivity contribution >= 4 is 21.7 Å². The Morgan fingerprint density at radius 3 is 2.20 bits per heavy atom. The van der Waals surface area contributed by atoms with Crippen LogP contribution in [-0.4, -0.2) is 98.3 Å². The fourth-order valence-corrected chi connectivity index (χ4v) is 5.36. The highest BCUT2D eigenvalue weighted by Crippen LogP contribution is 2.26. The van der Waals surface area contributed by atoms with Gasteiger partial charge in [-0.1, -0.05) is 30.3 Å². The Bertz CT molecular complexity index is 850. The second-order valence-electron chi connectivity index (χ2n) is 8.44. The molecule has 9 heteroatoms. The third-order valence-electron chi connectivity index (χ3n) is 6.09. The van der Waals surface area contributed by atoms with E-state index in [0.717, 1.165) is 18.4 Å². The Morgan fingerprint density at radius 1 is 0.967 bits per heavy atom. The van der Waals surface area contributed by atoms with Crippen molar-refractivity contribution in [2.24, 2.45) is 0 Å². The summed E-state index contributed by atoms with van der Waals surface area (Å²) in [5.41, 5.74) is 0.896. The monoisotopic (exact) mass is 434 g/mol. The first-order valence-corrected chi connectivity index (χ1v) is 12.5. The standard InChI is InChI=1S/C21H30N4O4S/c26-19(22-18-6-7-18)16-23-8-10-25(11-9-23)21(27)20(17-4-2-1-3-5-17)24-12-14-30(28,29)15-13-24/h1-5,18,20H,6-16H2,(H,22,26). The van der Waals surface area contributed by atoms with E-state index in [4.69, 9.17) is 0 Å². The lowest BCUT2D eigenvalue weighted by Gasteiger charge is -2.40. The zero-order valence-corrected chi connectivity index (χ0v) is 18.0. The van der Waals surface area contributed by atoms with E-state index in [2.05, 4.69) is 10.2 Å². The summed E-state index contributed by atoms with van der Waals surface area (Å²) < 4.78 is 23.7. The van der Waals surface area contributed by atoms with Gasteiger partial charge in [0.2, 0.25) is 11.8 Å². The minimum atomic E-state index is -3.02. The number of nitrogens with one attached hydrogen (secondary N) is 1. The smallest absolute Gasteiger partial charge is 0.244 e. The van der Waals surface area contributed by atoms with Gasteiger partial charge >= 0.3 is 0 Å². The van der Waals surface area contributed by atoms with Gasteiger partial charge in [-0.3, -0.25) is 19.4 Å². The lowest BCUT2D eigenvalue weighted by Crippen LogP contribution is -2.55. The zero-order chi connectivity index (χ0) is 21.1. The zero-order valence-electron chi connectivity index (χ0n) is 17.2. The molecule has 0 spiro atoms. The van der Waals surface area contributed by atoms with Crippen LogP contribution >= 0.6 is 0 Å². The number of amides is 2. The van der Waals surface area contributed by atoms with E-state index < -0.39 is 15.9 Å². The summed E-state index contributed by atoms with van der Waals surface area (Å²) in [6, 6.07) is 9.50. The summed E-state index contributed by atoms with van der Waals surface area (Å²) in [6.07, 6.45) is 2.15. The molecule has 4 rings (SSSR count). The molecule has 0 radical (unpaired) electrons. The second kappa shape index (κ2) is 9.03. The predicted octanol–water partition coefficient (Wildman–Crippen LogP) is -0.119. The number of carbonyl (C=O) groups is 2. The van der Waals surface area contributed by atoms with Gasteiger partial charge in [0.25, 0.3) is 0 Å². The molecular weight excluding hydrogens is 404 g/mol. The maximum absolute atomic E-state index is 13.5. The molecule has 1 N–H and O–H groups in total. The molecule has 0 bridgehead atoms. The van der Waals surface area contributed by atoms with Gasteiger partial charge in [-0.25, -0.2) is 8.42 Å². The Morgan fingerprint density at radius 2 is 1.60 bits per heavy atom. The quantitative estimate of drug-likeness (QED) is 0.672. The topological polar surface area (TPSA) is 90.0 Å². The fraction of sp³-hybridized carbons (Fsp3) is 0.619. The number of hydrogen-bond donors (Lipinski definition) is 1. The molecule has 1 unspecified atom stereocenters. The highest BCUT2D eigenvalue weighted by atomic mass is 32.2. The molecule has 0 aromatic heterocycles. The molecule has 1 aromatic rings. The Hall–Kier alpha value is -1.97. The van der Waals surface area contributed by atoms with Crippen LogP contribution in [0.3, 0.4) is 0 Å². The lowest BCUT2D eigenvalue weighted by atomic mass is 10.0. The van der Waals surface area contributed by atoms with E-state index >= 15 is 0 Å². The van der Waals surface area contributed by atoms with E-state index in [1.807, 2.05) is 40.1 Å². The molecule has 3 fully saturated rings. The molecule has 2 aliphatic heterocycles. The van der Waals surface area contributed by atoms with E-state index in [-0.39, 0.29) is 23.3 Å². The highest BCUT2D eigenvalue weighted by molar-refractivity contribution is 7.91. The number of piperazine rings is 1. The maximum Gasteiger partial charge on any atom is 0.244 e. The maximum atomic E-state index is 13.5. The van der Waals surface area contributed by atoms with Crippen LogP contribution < -0.4 is 5.32 Å². The third kappa shape index (κ3) is 5.39. The molecule has 2 heterocycles. The molecule has 1 saturated carbocycles. The Balaban J connectivity index is 1.39. The van der Waals surface area contributed by atoms with Crippen LogP contribution in [0.2, 0.25) is 0 Å². The van der Waals surface area contributed by atoms with Crippen molar-refractivity contribution in [1.29, 1.82) is 0 Å². The number of nitrogens with zero attached hydrogens (tertiary/aromatic N) is 3. The van der Waals surface area contributed by atoms with Gasteiger partial charge < -0.3 is 10.2 Å². The van der Waals surface area contributed by atoms with Gasteiger partial charge in [-0.2, -0.15) is 0 Å². The van der Waals surface area contributed by atoms with Gasteiger partial charge in [-0.05, 0) is 18.4 Å². The summed E-state index contributed by atoms with van der Waals surface area (Å²) in [5, 5.41) is 3.01. The molecule has 30 heavy (non-hydrogen) atoms. The van der Waals surface area contributed by atoms with E-state index in [9.17, 15) is 18.0 Å². The molecule has 1 aliphatic carbocycles. The molecule has 2 amide bonds. The van der Waals surface area contributed by atoms with Crippen LogP contribution in [0.1, 0.15) is 24.4 Å².